The van der Waals surface area contributed by atoms with E-state index in [4.69, 9.17) is 0 Å². The maximum Gasteiger partial charge on any atom is 0.173 e. The Kier molecular flexibility index (Phi) is 4.42. The average molecular weight is 256 g/mol. The summed E-state index contributed by atoms with van der Waals surface area (Å²) in [6.45, 7) is 7.50. The molecule has 0 atom stereocenters. The number of rotatable bonds is 6. The zero-order valence-corrected chi connectivity index (χ0v) is 11.1. The topological polar surface area (TPSA) is 17.8 Å². The molecule has 0 fully saturated rings. The molecule has 1 aromatic heterocycles. The molecule has 92 valence electrons. The first-order valence-corrected chi connectivity index (χ1v) is 6.82. The third kappa shape index (κ3) is 2.93. The van der Waals surface area contributed by atoms with Crippen LogP contribution in [-0.2, 0) is 6.42 Å². The molecule has 0 aliphatic rings. The second-order valence-corrected chi connectivity index (χ2v) is 4.80. The molecular formula is C15H16N2S. The zero-order valence-electron chi connectivity index (χ0n) is 10.2. The van der Waals surface area contributed by atoms with Crippen molar-refractivity contribution in [3.8, 4) is 5.69 Å². The first-order valence-electron chi connectivity index (χ1n) is 5.83. The SMILES string of the molecule is C=CCSc1nc(CC=C)cn1-c1ccccc1. The summed E-state index contributed by atoms with van der Waals surface area (Å²) in [7, 11) is 0. The predicted molar refractivity (Wildman–Crippen MR) is 78.4 cm³/mol. The van der Waals surface area contributed by atoms with Crippen LogP contribution in [0.5, 0.6) is 0 Å². The van der Waals surface area contributed by atoms with E-state index in [-0.39, 0.29) is 0 Å². The van der Waals surface area contributed by atoms with E-state index in [0.29, 0.717) is 0 Å². The van der Waals surface area contributed by atoms with E-state index in [1.165, 1.54) is 0 Å². The molecule has 0 N–H and O–H groups in total. The Morgan fingerprint density at radius 2 is 1.94 bits per heavy atom. The van der Waals surface area contributed by atoms with Gasteiger partial charge in [-0.15, -0.1) is 13.2 Å². The van der Waals surface area contributed by atoms with E-state index in [2.05, 4.69) is 41.0 Å². The lowest BCUT2D eigenvalue weighted by Crippen LogP contribution is -1.94. The van der Waals surface area contributed by atoms with Crippen molar-refractivity contribution in [3.63, 3.8) is 0 Å². The van der Waals surface area contributed by atoms with Crippen LogP contribution in [0.2, 0.25) is 0 Å². The van der Waals surface area contributed by atoms with Gasteiger partial charge in [0.1, 0.15) is 0 Å². The van der Waals surface area contributed by atoms with E-state index in [0.717, 1.165) is 28.7 Å². The van der Waals surface area contributed by atoms with Crippen LogP contribution in [0.4, 0.5) is 0 Å². The quantitative estimate of drug-likeness (QED) is 0.576. The number of hydrogen-bond acceptors (Lipinski definition) is 2. The normalized spacial score (nSPS) is 10.2. The lowest BCUT2D eigenvalue weighted by atomic mass is 10.3. The Balaban J connectivity index is 2.37. The van der Waals surface area contributed by atoms with Crippen molar-refractivity contribution in [3.05, 3.63) is 67.5 Å². The molecule has 0 radical (unpaired) electrons. The molecule has 1 heterocycles. The van der Waals surface area contributed by atoms with Gasteiger partial charge in [0.25, 0.3) is 0 Å². The Morgan fingerprint density at radius 3 is 2.61 bits per heavy atom. The molecule has 0 spiro atoms. The lowest BCUT2D eigenvalue weighted by Gasteiger charge is -2.05. The zero-order chi connectivity index (χ0) is 12.8. The van der Waals surface area contributed by atoms with Gasteiger partial charge in [0.2, 0.25) is 0 Å². The van der Waals surface area contributed by atoms with Crippen molar-refractivity contribution in [2.45, 2.75) is 11.6 Å². The molecule has 18 heavy (non-hydrogen) atoms. The van der Waals surface area contributed by atoms with Gasteiger partial charge in [-0.2, -0.15) is 0 Å². The largest absolute Gasteiger partial charge is 0.295 e. The predicted octanol–water partition coefficient (Wildman–Crippen LogP) is 3.88. The second-order valence-electron chi connectivity index (χ2n) is 3.81. The number of aromatic nitrogens is 2. The molecule has 0 saturated heterocycles. The van der Waals surface area contributed by atoms with Gasteiger partial charge in [0.05, 0.1) is 5.69 Å². The Labute approximate surface area is 112 Å². The van der Waals surface area contributed by atoms with Gasteiger partial charge in [-0.05, 0) is 12.1 Å². The molecule has 0 aliphatic heterocycles. The number of nitrogens with zero attached hydrogens (tertiary/aromatic N) is 2. The van der Waals surface area contributed by atoms with Crippen LogP contribution in [-0.4, -0.2) is 15.3 Å². The van der Waals surface area contributed by atoms with Crippen LogP contribution in [0.25, 0.3) is 5.69 Å². The van der Waals surface area contributed by atoms with Gasteiger partial charge in [0, 0.05) is 24.1 Å². The van der Waals surface area contributed by atoms with Crippen LogP contribution < -0.4 is 0 Å². The number of thioether (sulfide) groups is 1. The molecule has 0 unspecified atom stereocenters. The molecule has 0 saturated carbocycles. The summed E-state index contributed by atoms with van der Waals surface area (Å²) in [5.41, 5.74) is 2.17. The number of imidazole rings is 1. The van der Waals surface area contributed by atoms with Gasteiger partial charge in [-0.25, -0.2) is 4.98 Å². The molecule has 0 bridgehead atoms. The molecule has 3 heteroatoms. The highest BCUT2D eigenvalue weighted by atomic mass is 32.2. The molecule has 2 aromatic rings. The summed E-state index contributed by atoms with van der Waals surface area (Å²) in [5, 5.41) is 0.998. The van der Waals surface area contributed by atoms with E-state index in [1.807, 2.05) is 30.4 Å². The number of hydrogen-bond donors (Lipinski definition) is 0. The lowest BCUT2D eigenvalue weighted by molar-refractivity contribution is 0.894. The first kappa shape index (κ1) is 12.7. The summed E-state index contributed by atoms with van der Waals surface area (Å²) in [5.74, 6) is 0.859. The number of allylic oxidation sites excluding steroid dienone is 1. The van der Waals surface area contributed by atoms with E-state index >= 15 is 0 Å². The maximum atomic E-state index is 4.62. The molecule has 2 nitrogen and oxygen atoms in total. The van der Waals surface area contributed by atoms with Crippen LogP contribution in [0, 0.1) is 0 Å². The Hall–Kier alpha value is -1.74. The smallest absolute Gasteiger partial charge is 0.173 e. The standard InChI is InChI=1S/C15H16N2S/c1-3-8-13-12-17(14-9-6-5-7-10-14)15(16-13)18-11-4-2/h3-7,9-10,12H,1-2,8,11H2. The van der Waals surface area contributed by atoms with Gasteiger partial charge in [0.15, 0.2) is 5.16 Å². The minimum atomic E-state index is 0.793. The van der Waals surface area contributed by atoms with Crippen molar-refractivity contribution in [1.29, 1.82) is 0 Å². The molecule has 0 aliphatic carbocycles. The summed E-state index contributed by atoms with van der Waals surface area (Å²) >= 11 is 1.69. The van der Waals surface area contributed by atoms with Crippen molar-refractivity contribution >= 4 is 11.8 Å². The first-order chi connectivity index (χ1) is 8.85. The minimum Gasteiger partial charge on any atom is -0.295 e. The summed E-state index contributed by atoms with van der Waals surface area (Å²) in [6.07, 6.45) is 6.63. The van der Waals surface area contributed by atoms with Crippen LogP contribution in [0.15, 0.2) is 67.0 Å². The minimum absolute atomic E-state index is 0.793. The Bertz CT molecular complexity index is 529. The fourth-order valence-corrected chi connectivity index (χ4v) is 2.41. The van der Waals surface area contributed by atoms with Crippen LogP contribution in [0.1, 0.15) is 5.69 Å². The third-order valence-electron chi connectivity index (χ3n) is 2.44. The van der Waals surface area contributed by atoms with Crippen LogP contribution >= 0.6 is 11.8 Å². The van der Waals surface area contributed by atoms with Crippen molar-refractivity contribution < 1.29 is 0 Å². The van der Waals surface area contributed by atoms with Crippen molar-refractivity contribution in [2.24, 2.45) is 0 Å². The maximum absolute atomic E-state index is 4.62. The molecule has 2 rings (SSSR count). The highest BCUT2D eigenvalue weighted by Gasteiger charge is 2.08. The summed E-state index contributed by atoms with van der Waals surface area (Å²) < 4.78 is 2.12. The average Bonchev–Trinajstić information content (AvgIpc) is 2.81. The van der Waals surface area contributed by atoms with Crippen molar-refractivity contribution in [2.75, 3.05) is 5.75 Å². The van der Waals surface area contributed by atoms with Crippen LogP contribution in [0.3, 0.4) is 0 Å². The Morgan fingerprint density at radius 1 is 1.17 bits per heavy atom. The van der Waals surface area contributed by atoms with E-state index in [1.54, 1.807) is 11.8 Å². The highest BCUT2D eigenvalue weighted by molar-refractivity contribution is 7.99. The fourth-order valence-electron chi connectivity index (χ4n) is 1.66. The fraction of sp³-hybridized carbons (Fsp3) is 0.133. The number of benzene rings is 1. The third-order valence-corrected chi connectivity index (χ3v) is 3.39. The van der Waals surface area contributed by atoms with Gasteiger partial charge >= 0.3 is 0 Å². The molecule has 1 aromatic carbocycles. The summed E-state index contributed by atoms with van der Waals surface area (Å²) in [6, 6.07) is 10.2. The summed E-state index contributed by atoms with van der Waals surface area (Å²) in [4.78, 5) is 4.62. The van der Waals surface area contributed by atoms with Crippen molar-refractivity contribution in [1.82, 2.24) is 9.55 Å². The van der Waals surface area contributed by atoms with Gasteiger partial charge < -0.3 is 0 Å². The highest BCUT2D eigenvalue weighted by Crippen LogP contribution is 2.22. The molecule has 0 amide bonds. The number of para-hydroxylation sites is 1. The molecular weight excluding hydrogens is 240 g/mol. The monoisotopic (exact) mass is 256 g/mol. The van der Waals surface area contributed by atoms with Gasteiger partial charge in [-0.3, -0.25) is 4.57 Å². The van der Waals surface area contributed by atoms with E-state index < -0.39 is 0 Å². The van der Waals surface area contributed by atoms with E-state index in [9.17, 15) is 0 Å². The second kappa shape index (κ2) is 6.26. The van der Waals surface area contributed by atoms with Gasteiger partial charge in [-0.1, -0.05) is 42.1 Å².